The molecule has 0 atom stereocenters. The molecule has 6 heteroatoms. The van der Waals surface area contributed by atoms with E-state index in [9.17, 15) is 8.42 Å². The van der Waals surface area contributed by atoms with E-state index in [1.807, 2.05) is 0 Å². The van der Waals surface area contributed by atoms with Crippen molar-refractivity contribution in [3.8, 4) is 5.75 Å². The van der Waals surface area contributed by atoms with Gasteiger partial charge < -0.3 is 10.5 Å². The van der Waals surface area contributed by atoms with Gasteiger partial charge in [0.1, 0.15) is 12.4 Å². The molecule has 1 aromatic carbocycles. The lowest BCUT2D eigenvalue weighted by molar-refractivity contribution is 0.314. The maximum Gasteiger partial charge on any atom is 0.214 e. The molecule has 19 heavy (non-hydrogen) atoms. The Kier molecular flexibility index (Phi) is 4.66. The van der Waals surface area contributed by atoms with Crippen molar-refractivity contribution in [1.82, 2.24) is 4.72 Å². The molecule has 3 N–H and O–H groups in total. The molecule has 0 aliphatic heterocycles. The van der Waals surface area contributed by atoms with Crippen LogP contribution in [0.5, 0.6) is 5.75 Å². The molecular weight excluding hydrogens is 264 g/mol. The number of nitrogens with two attached hydrogens (primary N) is 1. The summed E-state index contributed by atoms with van der Waals surface area (Å²) in [5.74, 6) is 1.13. The first-order valence-electron chi connectivity index (χ1n) is 6.51. The van der Waals surface area contributed by atoms with Crippen LogP contribution in [0.2, 0.25) is 0 Å². The minimum Gasteiger partial charge on any atom is -0.492 e. The quantitative estimate of drug-likeness (QED) is 0.741. The number of ether oxygens (including phenoxy) is 1. The third kappa shape index (κ3) is 4.72. The molecule has 0 heterocycles. The summed E-state index contributed by atoms with van der Waals surface area (Å²) in [6.45, 7) is 0.703. The van der Waals surface area contributed by atoms with Crippen LogP contribution < -0.4 is 15.2 Å². The van der Waals surface area contributed by atoms with Crippen LogP contribution in [-0.2, 0) is 10.0 Å². The molecule has 0 amide bonds. The van der Waals surface area contributed by atoms with Gasteiger partial charge in [-0.3, -0.25) is 0 Å². The van der Waals surface area contributed by atoms with E-state index in [0.717, 1.165) is 12.8 Å². The third-order valence-corrected chi connectivity index (χ3v) is 4.63. The van der Waals surface area contributed by atoms with Crippen molar-refractivity contribution < 1.29 is 13.2 Å². The topological polar surface area (TPSA) is 81.4 Å². The second kappa shape index (κ2) is 6.25. The van der Waals surface area contributed by atoms with Crippen LogP contribution in [0.4, 0.5) is 5.69 Å². The van der Waals surface area contributed by atoms with E-state index < -0.39 is 10.0 Å². The molecule has 0 saturated heterocycles. The van der Waals surface area contributed by atoms with Crippen molar-refractivity contribution in [2.45, 2.75) is 19.3 Å². The Morgan fingerprint density at radius 2 is 1.95 bits per heavy atom. The summed E-state index contributed by atoms with van der Waals surface area (Å²) < 4.78 is 31.4. The molecule has 1 aromatic rings. The predicted molar refractivity (Wildman–Crippen MR) is 75.5 cm³/mol. The van der Waals surface area contributed by atoms with Crippen LogP contribution in [0.15, 0.2) is 24.3 Å². The highest BCUT2D eigenvalue weighted by Crippen LogP contribution is 2.25. The molecule has 1 aliphatic rings. The first kappa shape index (κ1) is 14.1. The number of hydrogen-bond acceptors (Lipinski definition) is 4. The zero-order valence-corrected chi connectivity index (χ0v) is 11.7. The zero-order chi connectivity index (χ0) is 13.7. The summed E-state index contributed by atoms with van der Waals surface area (Å²) >= 11 is 0. The minimum absolute atomic E-state index is 0.0237. The van der Waals surface area contributed by atoms with Crippen molar-refractivity contribution >= 4 is 15.7 Å². The molecule has 1 aliphatic carbocycles. The first-order chi connectivity index (χ1) is 9.05. The van der Waals surface area contributed by atoms with Crippen molar-refractivity contribution in [2.75, 3.05) is 24.6 Å². The second-order valence-corrected chi connectivity index (χ2v) is 6.81. The fourth-order valence-corrected chi connectivity index (χ4v) is 2.78. The molecule has 1 fully saturated rings. The Hall–Kier alpha value is -1.27. The van der Waals surface area contributed by atoms with Gasteiger partial charge in [-0.15, -0.1) is 0 Å². The predicted octanol–water partition coefficient (Wildman–Crippen LogP) is 1.37. The molecule has 0 radical (unpaired) electrons. The van der Waals surface area contributed by atoms with Crippen LogP contribution in [0, 0.1) is 5.92 Å². The van der Waals surface area contributed by atoms with Crippen LogP contribution in [0.25, 0.3) is 0 Å². The number of sulfonamides is 1. The fourth-order valence-electron chi connectivity index (χ4n) is 1.85. The van der Waals surface area contributed by atoms with E-state index in [0.29, 0.717) is 23.9 Å². The molecule has 0 unspecified atom stereocenters. The number of nitrogens with one attached hydrogen (secondary N) is 1. The monoisotopic (exact) mass is 284 g/mol. The SMILES string of the molecule is Nc1ccc(OCCS(=O)(=O)NCC2CCC2)cc1. The minimum atomic E-state index is -3.23. The highest BCUT2D eigenvalue weighted by atomic mass is 32.2. The van der Waals surface area contributed by atoms with Gasteiger partial charge in [-0.05, 0) is 43.0 Å². The van der Waals surface area contributed by atoms with Crippen molar-refractivity contribution in [2.24, 2.45) is 5.92 Å². The molecule has 0 bridgehead atoms. The van der Waals surface area contributed by atoms with Crippen LogP contribution in [0.3, 0.4) is 0 Å². The summed E-state index contributed by atoms with van der Waals surface area (Å²) in [7, 11) is -3.23. The molecule has 0 aromatic heterocycles. The largest absolute Gasteiger partial charge is 0.492 e. The summed E-state index contributed by atoms with van der Waals surface area (Å²) in [5.41, 5.74) is 6.20. The van der Waals surface area contributed by atoms with Crippen molar-refractivity contribution in [1.29, 1.82) is 0 Å². The number of rotatable bonds is 7. The van der Waals surface area contributed by atoms with Gasteiger partial charge in [-0.2, -0.15) is 0 Å². The fraction of sp³-hybridized carbons (Fsp3) is 0.538. The maximum atomic E-state index is 11.7. The average Bonchev–Trinajstić information content (AvgIpc) is 2.29. The van der Waals surface area contributed by atoms with Gasteiger partial charge in [0, 0.05) is 12.2 Å². The molecule has 1 saturated carbocycles. The highest BCUT2D eigenvalue weighted by molar-refractivity contribution is 7.89. The van der Waals surface area contributed by atoms with Crippen LogP contribution in [-0.4, -0.2) is 27.3 Å². The summed E-state index contributed by atoms with van der Waals surface area (Å²) in [5, 5.41) is 0. The van der Waals surface area contributed by atoms with Crippen LogP contribution >= 0.6 is 0 Å². The smallest absolute Gasteiger partial charge is 0.214 e. The number of benzene rings is 1. The van der Waals surface area contributed by atoms with Crippen molar-refractivity contribution in [3.63, 3.8) is 0 Å². The molecule has 5 nitrogen and oxygen atoms in total. The number of nitrogen functional groups attached to an aromatic ring is 1. The second-order valence-electron chi connectivity index (χ2n) is 4.88. The van der Waals surface area contributed by atoms with Gasteiger partial charge in [0.05, 0.1) is 5.75 Å². The van der Waals surface area contributed by atoms with E-state index >= 15 is 0 Å². The van der Waals surface area contributed by atoms with E-state index in [4.69, 9.17) is 10.5 Å². The Morgan fingerprint density at radius 3 is 2.53 bits per heavy atom. The highest BCUT2D eigenvalue weighted by Gasteiger charge is 2.20. The van der Waals surface area contributed by atoms with Gasteiger partial charge in [0.2, 0.25) is 10.0 Å². The lowest BCUT2D eigenvalue weighted by Crippen LogP contribution is -2.35. The van der Waals surface area contributed by atoms with E-state index in [-0.39, 0.29) is 12.4 Å². The summed E-state index contributed by atoms with van der Waals surface area (Å²) in [6.07, 6.45) is 3.47. The van der Waals surface area contributed by atoms with E-state index in [2.05, 4.69) is 4.72 Å². The lowest BCUT2D eigenvalue weighted by Gasteiger charge is -2.25. The Balaban J connectivity index is 1.69. The summed E-state index contributed by atoms with van der Waals surface area (Å²) in [4.78, 5) is 0. The van der Waals surface area contributed by atoms with Gasteiger partial charge in [-0.1, -0.05) is 6.42 Å². The number of anilines is 1. The van der Waals surface area contributed by atoms with Crippen molar-refractivity contribution in [3.05, 3.63) is 24.3 Å². The summed E-state index contributed by atoms with van der Waals surface area (Å²) in [6, 6.07) is 6.89. The van der Waals surface area contributed by atoms with Gasteiger partial charge in [-0.25, -0.2) is 13.1 Å². The van der Waals surface area contributed by atoms with Gasteiger partial charge in [0.25, 0.3) is 0 Å². The molecule has 2 rings (SSSR count). The first-order valence-corrected chi connectivity index (χ1v) is 8.16. The third-order valence-electron chi connectivity index (χ3n) is 3.32. The van der Waals surface area contributed by atoms with E-state index in [1.54, 1.807) is 24.3 Å². The Morgan fingerprint density at radius 1 is 1.26 bits per heavy atom. The standard InChI is InChI=1S/C13H20N2O3S/c14-12-4-6-13(7-5-12)18-8-9-19(16,17)15-10-11-2-1-3-11/h4-7,11,15H,1-3,8-10,14H2. The van der Waals surface area contributed by atoms with Crippen LogP contribution in [0.1, 0.15) is 19.3 Å². The maximum absolute atomic E-state index is 11.7. The Labute approximate surface area is 114 Å². The molecular formula is C13H20N2O3S. The van der Waals surface area contributed by atoms with E-state index in [1.165, 1.54) is 6.42 Å². The van der Waals surface area contributed by atoms with Gasteiger partial charge >= 0.3 is 0 Å². The van der Waals surface area contributed by atoms with Gasteiger partial charge in [0.15, 0.2) is 0 Å². The normalized spacial score (nSPS) is 16.0. The zero-order valence-electron chi connectivity index (χ0n) is 10.8. The lowest BCUT2D eigenvalue weighted by atomic mass is 9.86. The Bertz CT molecular complexity index is 495. The average molecular weight is 284 g/mol. The number of hydrogen-bond donors (Lipinski definition) is 2. The molecule has 106 valence electrons. The molecule has 0 spiro atoms.